The van der Waals surface area contributed by atoms with E-state index in [-0.39, 0.29) is 0 Å². The summed E-state index contributed by atoms with van der Waals surface area (Å²) in [6, 6.07) is 27.8. The van der Waals surface area contributed by atoms with Gasteiger partial charge in [-0.15, -0.1) is 0 Å². The van der Waals surface area contributed by atoms with Crippen LogP contribution in [0.3, 0.4) is 0 Å². The second-order valence-corrected chi connectivity index (χ2v) is 9.46. The van der Waals surface area contributed by atoms with Crippen molar-refractivity contribution in [3.05, 3.63) is 95.1 Å². The largest absolute Gasteiger partial charge is 0.385 e. The highest BCUT2D eigenvalue weighted by molar-refractivity contribution is 5.84. The van der Waals surface area contributed by atoms with Crippen LogP contribution in [0.15, 0.2) is 78.4 Å². The predicted octanol–water partition coefficient (Wildman–Crippen LogP) is 7.53. The summed E-state index contributed by atoms with van der Waals surface area (Å²) in [6.45, 7) is 9.55. The van der Waals surface area contributed by atoms with Crippen LogP contribution in [0.4, 0.5) is 17.1 Å². The predicted molar refractivity (Wildman–Crippen MR) is 147 cm³/mol. The van der Waals surface area contributed by atoms with Crippen molar-refractivity contribution in [1.82, 2.24) is 0 Å². The molecule has 2 atom stereocenters. The molecule has 2 N–H and O–H groups in total. The first-order valence-electron chi connectivity index (χ1n) is 13.0. The molecule has 3 aromatic rings. The molecule has 1 aliphatic carbocycles. The third kappa shape index (κ3) is 4.20. The van der Waals surface area contributed by atoms with Crippen LogP contribution < -0.4 is 15.5 Å². The summed E-state index contributed by atoms with van der Waals surface area (Å²) in [5.41, 5.74) is 11.0. The van der Waals surface area contributed by atoms with Crippen LogP contribution in [0.1, 0.15) is 62.6 Å². The number of nitrogens with one attached hydrogen (secondary N) is 2. The molecule has 3 heteroatoms. The van der Waals surface area contributed by atoms with E-state index in [4.69, 9.17) is 0 Å². The fraction of sp³-hybridized carbons (Fsp3) is 0.355. The standard InChI is InChI=1S/C31H37N3/c1-4-32-25-16-11-22(12-17-25)31(23-13-18-26(19-14-23)33-5-2)24-15-20-30-28(21-24)27-9-7-8-10-29(27)34(30)6-3/h7-14,16-19,28,30,32-33H,4-6,15,20-21H2,1-3H3. The van der Waals surface area contributed by atoms with Gasteiger partial charge in [-0.3, -0.25) is 0 Å². The average molecular weight is 452 g/mol. The zero-order valence-electron chi connectivity index (χ0n) is 20.8. The molecular weight excluding hydrogens is 414 g/mol. The van der Waals surface area contributed by atoms with Crippen LogP contribution in [0.5, 0.6) is 0 Å². The lowest BCUT2D eigenvalue weighted by Crippen LogP contribution is -2.36. The molecule has 5 rings (SSSR count). The van der Waals surface area contributed by atoms with E-state index in [9.17, 15) is 0 Å². The minimum atomic E-state index is 0.581. The third-order valence-electron chi connectivity index (χ3n) is 7.52. The van der Waals surface area contributed by atoms with Gasteiger partial charge in [-0.25, -0.2) is 0 Å². The van der Waals surface area contributed by atoms with E-state index < -0.39 is 0 Å². The van der Waals surface area contributed by atoms with E-state index in [1.165, 1.54) is 45.7 Å². The van der Waals surface area contributed by atoms with Gasteiger partial charge in [0, 0.05) is 48.7 Å². The zero-order valence-corrected chi connectivity index (χ0v) is 20.8. The molecule has 0 amide bonds. The highest BCUT2D eigenvalue weighted by atomic mass is 15.2. The van der Waals surface area contributed by atoms with E-state index in [0.717, 1.165) is 32.5 Å². The van der Waals surface area contributed by atoms with Gasteiger partial charge in [0.2, 0.25) is 0 Å². The van der Waals surface area contributed by atoms with Gasteiger partial charge < -0.3 is 15.5 Å². The number of hydrogen-bond donors (Lipinski definition) is 2. The van der Waals surface area contributed by atoms with Crippen molar-refractivity contribution in [2.24, 2.45) is 0 Å². The number of rotatable bonds is 7. The fourth-order valence-electron chi connectivity index (χ4n) is 6.08. The van der Waals surface area contributed by atoms with Crippen molar-refractivity contribution in [2.45, 2.75) is 52.0 Å². The van der Waals surface area contributed by atoms with Crippen molar-refractivity contribution in [1.29, 1.82) is 0 Å². The van der Waals surface area contributed by atoms with E-state index in [1.54, 1.807) is 5.57 Å². The number of para-hydroxylation sites is 1. The molecule has 1 fully saturated rings. The summed E-state index contributed by atoms with van der Waals surface area (Å²) in [5, 5.41) is 6.87. The van der Waals surface area contributed by atoms with Crippen LogP contribution in [0, 0.1) is 0 Å². The molecule has 176 valence electrons. The van der Waals surface area contributed by atoms with E-state index in [1.807, 2.05) is 0 Å². The second-order valence-electron chi connectivity index (χ2n) is 9.46. The first-order chi connectivity index (χ1) is 16.7. The number of likely N-dealkylation sites (N-methyl/N-ethyl adjacent to an activating group) is 1. The van der Waals surface area contributed by atoms with Gasteiger partial charge in [-0.2, -0.15) is 0 Å². The molecule has 0 bridgehead atoms. The van der Waals surface area contributed by atoms with Crippen molar-refractivity contribution >= 4 is 22.6 Å². The maximum atomic E-state index is 3.44. The summed E-state index contributed by atoms with van der Waals surface area (Å²) >= 11 is 0. The summed E-state index contributed by atoms with van der Waals surface area (Å²) in [5.74, 6) is 0.581. The van der Waals surface area contributed by atoms with Crippen LogP contribution in [0.25, 0.3) is 5.57 Å². The first kappa shape index (κ1) is 22.6. The first-order valence-corrected chi connectivity index (χ1v) is 13.0. The lowest BCUT2D eigenvalue weighted by molar-refractivity contribution is 0.448. The number of anilines is 3. The van der Waals surface area contributed by atoms with Gasteiger partial charge in [-0.05, 0) is 92.6 Å². The molecule has 1 saturated carbocycles. The lowest BCUT2D eigenvalue weighted by atomic mass is 9.76. The number of nitrogens with zero attached hydrogens (tertiary/aromatic N) is 1. The molecule has 2 aliphatic rings. The summed E-state index contributed by atoms with van der Waals surface area (Å²) in [6.07, 6.45) is 3.51. The van der Waals surface area contributed by atoms with Gasteiger partial charge >= 0.3 is 0 Å². The number of benzene rings is 3. The van der Waals surface area contributed by atoms with Crippen molar-refractivity contribution in [3.8, 4) is 0 Å². The van der Waals surface area contributed by atoms with Crippen LogP contribution >= 0.6 is 0 Å². The molecule has 0 spiro atoms. The van der Waals surface area contributed by atoms with Gasteiger partial charge in [-0.1, -0.05) is 48.0 Å². The molecule has 3 nitrogen and oxygen atoms in total. The summed E-state index contributed by atoms with van der Waals surface area (Å²) < 4.78 is 0. The number of allylic oxidation sites excluding steroid dienone is 1. The molecular formula is C31H37N3. The van der Waals surface area contributed by atoms with Crippen molar-refractivity contribution in [3.63, 3.8) is 0 Å². The summed E-state index contributed by atoms with van der Waals surface area (Å²) in [7, 11) is 0. The van der Waals surface area contributed by atoms with Gasteiger partial charge in [0.1, 0.15) is 0 Å². The summed E-state index contributed by atoms with van der Waals surface area (Å²) in [4.78, 5) is 2.65. The molecule has 34 heavy (non-hydrogen) atoms. The number of hydrogen-bond acceptors (Lipinski definition) is 3. The lowest BCUT2D eigenvalue weighted by Gasteiger charge is -2.35. The molecule has 0 saturated heterocycles. The third-order valence-corrected chi connectivity index (χ3v) is 7.52. The topological polar surface area (TPSA) is 27.3 Å². The molecule has 2 unspecified atom stereocenters. The minimum Gasteiger partial charge on any atom is -0.385 e. The second kappa shape index (κ2) is 9.97. The molecule has 1 aliphatic heterocycles. The Morgan fingerprint density at radius 2 is 1.38 bits per heavy atom. The molecule has 0 aromatic heterocycles. The van der Waals surface area contributed by atoms with Gasteiger partial charge in [0.15, 0.2) is 0 Å². The van der Waals surface area contributed by atoms with Crippen LogP contribution in [-0.2, 0) is 0 Å². The highest BCUT2D eigenvalue weighted by Gasteiger charge is 2.40. The molecule has 0 radical (unpaired) electrons. The Balaban J connectivity index is 1.56. The van der Waals surface area contributed by atoms with E-state index >= 15 is 0 Å². The Labute approximate surface area is 204 Å². The van der Waals surface area contributed by atoms with Gasteiger partial charge in [0.25, 0.3) is 0 Å². The smallest absolute Gasteiger partial charge is 0.0405 e. The fourth-order valence-corrected chi connectivity index (χ4v) is 6.08. The molecule has 1 heterocycles. The quantitative estimate of drug-likeness (QED) is 0.389. The Morgan fingerprint density at radius 3 is 1.94 bits per heavy atom. The Bertz CT molecular complexity index is 1090. The Hall–Kier alpha value is -3.20. The monoisotopic (exact) mass is 451 g/mol. The minimum absolute atomic E-state index is 0.581. The van der Waals surface area contributed by atoms with Crippen molar-refractivity contribution in [2.75, 3.05) is 35.2 Å². The number of fused-ring (bicyclic) bond motifs is 3. The van der Waals surface area contributed by atoms with Gasteiger partial charge in [0.05, 0.1) is 0 Å². The Kier molecular flexibility index (Phi) is 6.62. The molecule has 3 aromatic carbocycles. The van der Waals surface area contributed by atoms with Crippen LogP contribution in [0.2, 0.25) is 0 Å². The maximum absolute atomic E-state index is 3.44. The van der Waals surface area contributed by atoms with E-state index in [2.05, 4.69) is 109 Å². The maximum Gasteiger partial charge on any atom is 0.0405 e. The zero-order chi connectivity index (χ0) is 23.5. The highest BCUT2D eigenvalue weighted by Crippen LogP contribution is 2.50. The van der Waals surface area contributed by atoms with Crippen LogP contribution in [-0.4, -0.2) is 25.7 Å². The Morgan fingerprint density at radius 1 is 0.794 bits per heavy atom. The SMILES string of the molecule is CCNc1ccc(C(=C2CCC3C(C2)c2ccccc2N3CC)c2ccc(NCC)cc2)cc1. The normalized spacial score (nSPS) is 18.9. The average Bonchev–Trinajstić information content (AvgIpc) is 3.20. The van der Waals surface area contributed by atoms with Crippen molar-refractivity contribution < 1.29 is 0 Å². The van der Waals surface area contributed by atoms with E-state index in [0.29, 0.717) is 12.0 Å².